The zero-order chi connectivity index (χ0) is 20.2. The molecule has 0 radical (unpaired) electrons. The van der Waals surface area contributed by atoms with Crippen molar-refractivity contribution in [2.45, 2.75) is 0 Å². The summed E-state index contributed by atoms with van der Waals surface area (Å²) in [6, 6.07) is 17.8. The third-order valence-electron chi connectivity index (χ3n) is 4.48. The molecule has 2 aromatic heterocycles. The van der Waals surface area contributed by atoms with Crippen molar-refractivity contribution in [3.8, 4) is 0 Å². The van der Waals surface area contributed by atoms with E-state index in [2.05, 4.69) is 37.3 Å². The number of nitrogens with zero attached hydrogens (tertiary/aromatic N) is 4. The first kappa shape index (κ1) is 18.9. The first-order valence-electron chi connectivity index (χ1n) is 9.17. The van der Waals surface area contributed by atoms with E-state index in [0.717, 1.165) is 44.4 Å². The van der Waals surface area contributed by atoms with Gasteiger partial charge in [-0.05, 0) is 48.0 Å². The Morgan fingerprint density at radius 3 is 2.55 bits per heavy atom. The highest BCUT2D eigenvalue weighted by molar-refractivity contribution is 6.30. The first-order chi connectivity index (χ1) is 14.1. The second kappa shape index (κ2) is 8.29. The van der Waals surface area contributed by atoms with Crippen LogP contribution in [0.25, 0.3) is 23.1 Å². The molecule has 0 atom stereocenters. The van der Waals surface area contributed by atoms with Crippen molar-refractivity contribution in [2.75, 3.05) is 24.3 Å². The van der Waals surface area contributed by atoms with Crippen molar-refractivity contribution < 1.29 is 0 Å². The number of benzene rings is 2. The Labute approximate surface area is 174 Å². The lowest BCUT2D eigenvalue weighted by Crippen LogP contribution is -2.08. The smallest absolute Gasteiger partial charge is 0.141 e. The molecule has 2 aromatic carbocycles. The maximum Gasteiger partial charge on any atom is 0.141 e. The molecule has 144 valence electrons. The number of hydrogen-bond acceptors (Lipinski definition) is 5. The highest BCUT2D eigenvalue weighted by Crippen LogP contribution is 2.25. The van der Waals surface area contributed by atoms with Crippen LogP contribution >= 0.6 is 11.6 Å². The Hall–Kier alpha value is -3.44. The summed E-state index contributed by atoms with van der Waals surface area (Å²) in [5, 5.41) is 5.04. The predicted molar refractivity (Wildman–Crippen MR) is 122 cm³/mol. The number of nitrogens with one attached hydrogen (secondary N) is 1. The Morgan fingerprint density at radius 2 is 1.76 bits per heavy atom. The van der Waals surface area contributed by atoms with Crippen molar-refractivity contribution in [3.05, 3.63) is 83.4 Å². The number of fused-ring (bicyclic) bond motifs is 1. The van der Waals surface area contributed by atoms with Crippen molar-refractivity contribution in [1.29, 1.82) is 0 Å². The van der Waals surface area contributed by atoms with Crippen LogP contribution in [0, 0.1) is 0 Å². The second-order valence-electron chi connectivity index (χ2n) is 6.80. The molecule has 6 heteroatoms. The van der Waals surface area contributed by atoms with Crippen LogP contribution in [-0.2, 0) is 0 Å². The van der Waals surface area contributed by atoms with Gasteiger partial charge < -0.3 is 10.2 Å². The molecule has 4 rings (SSSR count). The zero-order valence-corrected chi connectivity index (χ0v) is 16.9. The minimum absolute atomic E-state index is 0.720. The molecule has 0 saturated carbocycles. The standard InChI is InChI=1S/C23H20ClN5/c1-29(2)20-5-3-4-19(12-20)28-23-21-13-18(25-14-22(21)26-15-27-23)11-8-16-6-9-17(24)10-7-16/h3-15H,1-2H3,(H,26,27,28)/b11-8+. The topological polar surface area (TPSA) is 53.9 Å². The minimum Gasteiger partial charge on any atom is -0.378 e. The number of rotatable bonds is 5. The second-order valence-corrected chi connectivity index (χ2v) is 7.24. The van der Waals surface area contributed by atoms with E-state index in [1.54, 1.807) is 12.5 Å². The molecule has 0 bridgehead atoms. The van der Waals surface area contributed by atoms with Gasteiger partial charge in [-0.3, -0.25) is 4.98 Å². The third-order valence-corrected chi connectivity index (χ3v) is 4.74. The van der Waals surface area contributed by atoms with Gasteiger partial charge in [-0.25, -0.2) is 9.97 Å². The summed E-state index contributed by atoms with van der Waals surface area (Å²) in [5.41, 5.74) is 4.74. The van der Waals surface area contributed by atoms with E-state index in [1.165, 1.54) is 0 Å². The highest BCUT2D eigenvalue weighted by Gasteiger charge is 2.06. The summed E-state index contributed by atoms with van der Waals surface area (Å²) in [6.45, 7) is 0. The molecule has 0 aliphatic heterocycles. The summed E-state index contributed by atoms with van der Waals surface area (Å²) >= 11 is 5.95. The lowest BCUT2D eigenvalue weighted by Gasteiger charge is -2.14. The maximum atomic E-state index is 5.95. The van der Waals surface area contributed by atoms with Crippen LogP contribution in [0.15, 0.2) is 67.1 Å². The molecule has 4 aromatic rings. The van der Waals surface area contributed by atoms with Crippen molar-refractivity contribution in [3.63, 3.8) is 0 Å². The van der Waals surface area contributed by atoms with Crippen LogP contribution in [-0.4, -0.2) is 29.0 Å². The van der Waals surface area contributed by atoms with Crippen molar-refractivity contribution >= 4 is 51.8 Å². The SMILES string of the molecule is CN(C)c1cccc(Nc2ncnc3cnc(/C=C/c4ccc(Cl)cc4)cc23)c1. The van der Waals surface area contributed by atoms with Gasteiger partial charge in [-0.2, -0.15) is 0 Å². The van der Waals surface area contributed by atoms with Crippen molar-refractivity contribution in [2.24, 2.45) is 0 Å². The van der Waals surface area contributed by atoms with Crippen LogP contribution in [0.2, 0.25) is 5.02 Å². The zero-order valence-electron chi connectivity index (χ0n) is 16.2. The summed E-state index contributed by atoms with van der Waals surface area (Å²) < 4.78 is 0. The van der Waals surface area contributed by atoms with Gasteiger partial charge in [-0.15, -0.1) is 0 Å². The molecule has 0 aliphatic carbocycles. The quantitative estimate of drug-likeness (QED) is 0.467. The molecule has 0 amide bonds. The van der Waals surface area contributed by atoms with E-state index >= 15 is 0 Å². The number of pyridine rings is 1. The van der Waals surface area contributed by atoms with Gasteiger partial charge >= 0.3 is 0 Å². The lowest BCUT2D eigenvalue weighted by molar-refractivity contribution is 1.13. The molecule has 0 spiro atoms. The number of anilines is 3. The molecule has 29 heavy (non-hydrogen) atoms. The van der Waals surface area contributed by atoms with Gasteiger partial charge in [0.25, 0.3) is 0 Å². The maximum absolute atomic E-state index is 5.95. The molecule has 1 N–H and O–H groups in total. The van der Waals surface area contributed by atoms with Crippen LogP contribution in [0.1, 0.15) is 11.3 Å². The summed E-state index contributed by atoms with van der Waals surface area (Å²) in [6.07, 6.45) is 7.28. The summed E-state index contributed by atoms with van der Waals surface area (Å²) in [7, 11) is 4.04. The predicted octanol–water partition coefficient (Wildman–Crippen LogP) is 5.66. The minimum atomic E-state index is 0.720. The first-order valence-corrected chi connectivity index (χ1v) is 9.55. The van der Waals surface area contributed by atoms with Gasteiger partial charge in [0.05, 0.1) is 17.4 Å². The number of hydrogen-bond donors (Lipinski definition) is 1. The Morgan fingerprint density at radius 1 is 0.931 bits per heavy atom. The van der Waals surface area contributed by atoms with Crippen LogP contribution < -0.4 is 10.2 Å². The molecule has 0 aliphatic rings. The third kappa shape index (κ3) is 4.52. The fourth-order valence-electron chi connectivity index (χ4n) is 2.92. The normalized spacial score (nSPS) is 11.1. The van der Waals surface area contributed by atoms with E-state index in [0.29, 0.717) is 0 Å². The largest absolute Gasteiger partial charge is 0.378 e. The number of halogens is 1. The fourth-order valence-corrected chi connectivity index (χ4v) is 3.05. The highest BCUT2D eigenvalue weighted by atomic mass is 35.5. The van der Waals surface area contributed by atoms with E-state index in [1.807, 2.05) is 68.7 Å². The monoisotopic (exact) mass is 401 g/mol. The van der Waals surface area contributed by atoms with Gasteiger partial charge in [-0.1, -0.05) is 35.9 Å². The van der Waals surface area contributed by atoms with E-state index in [9.17, 15) is 0 Å². The van der Waals surface area contributed by atoms with Gasteiger partial charge in [0.1, 0.15) is 12.1 Å². The van der Waals surface area contributed by atoms with Gasteiger partial charge in [0.2, 0.25) is 0 Å². The molecular weight excluding hydrogens is 382 g/mol. The molecule has 0 saturated heterocycles. The van der Waals surface area contributed by atoms with Gasteiger partial charge in [0.15, 0.2) is 0 Å². The van der Waals surface area contributed by atoms with E-state index in [4.69, 9.17) is 11.6 Å². The molecular formula is C23H20ClN5. The van der Waals surface area contributed by atoms with Crippen LogP contribution in [0.5, 0.6) is 0 Å². The Kier molecular flexibility index (Phi) is 5.40. The van der Waals surface area contributed by atoms with Crippen molar-refractivity contribution in [1.82, 2.24) is 15.0 Å². The van der Waals surface area contributed by atoms with Gasteiger partial charge in [0, 0.05) is 35.9 Å². The summed E-state index contributed by atoms with van der Waals surface area (Å²) in [5.74, 6) is 0.745. The van der Waals surface area contributed by atoms with E-state index in [-0.39, 0.29) is 0 Å². The molecule has 0 unspecified atom stereocenters. The van der Waals surface area contributed by atoms with Crippen LogP contribution in [0.3, 0.4) is 0 Å². The molecule has 0 fully saturated rings. The molecule has 2 heterocycles. The Balaban J connectivity index is 1.65. The molecule has 5 nitrogen and oxygen atoms in total. The summed E-state index contributed by atoms with van der Waals surface area (Å²) in [4.78, 5) is 15.3. The Bertz CT molecular complexity index is 1170. The lowest BCUT2D eigenvalue weighted by atomic mass is 10.1. The number of aromatic nitrogens is 3. The average molecular weight is 402 g/mol. The van der Waals surface area contributed by atoms with E-state index < -0.39 is 0 Å². The van der Waals surface area contributed by atoms with Crippen LogP contribution in [0.4, 0.5) is 17.2 Å². The average Bonchev–Trinajstić information content (AvgIpc) is 2.74. The fraction of sp³-hybridized carbons (Fsp3) is 0.0870.